The number of hydrogen-bond donors (Lipinski definition) is 1. The molecule has 0 spiro atoms. The number of amides is 1. The average Bonchev–Trinajstić information content (AvgIpc) is 3.23. The van der Waals surface area contributed by atoms with Crippen LogP contribution in [0.25, 0.3) is 11.1 Å². The van der Waals surface area contributed by atoms with Crippen molar-refractivity contribution < 1.29 is 27.5 Å². The summed E-state index contributed by atoms with van der Waals surface area (Å²) in [6, 6.07) is 8.59. The van der Waals surface area contributed by atoms with Crippen molar-refractivity contribution in [2.45, 2.75) is 25.4 Å². The number of aryl methyl sites for hydroxylation is 2. The number of fused-ring (bicyclic) bond motifs is 1. The molecule has 1 aromatic heterocycles. The summed E-state index contributed by atoms with van der Waals surface area (Å²) in [5.74, 6) is -1.19. The molecule has 0 saturated heterocycles. The molecule has 1 N–H and O–H groups in total. The van der Waals surface area contributed by atoms with E-state index >= 15 is 0 Å². The second-order valence-corrected chi connectivity index (χ2v) is 8.10. The molecule has 1 unspecified atom stereocenters. The van der Waals surface area contributed by atoms with Gasteiger partial charge in [0.15, 0.2) is 0 Å². The number of hydrogen-bond acceptors (Lipinski definition) is 4. The van der Waals surface area contributed by atoms with E-state index in [9.17, 15) is 22.8 Å². The Bertz CT molecular complexity index is 1220. The third-order valence-corrected chi connectivity index (χ3v) is 5.79. The van der Waals surface area contributed by atoms with Crippen LogP contribution in [0.1, 0.15) is 33.5 Å². The third-order valence-electron chi connectivity index (χ3n) is 5.79. The number of nitrogens with one attached hydrogen (secondary N) is 1. The van der Waals surface area contributed by atoms with E-state index in [-0.39, 0.29) is 23.0 Å². The van der Waals surface area contributed by atoms with Crippen molar-refractivity contribution in [1.82, 2.24) is 9.78 Å². The quantitative estimate of drug-likeness (QED) is 0.580. The van der Waals surface area contributed by atoms with Gasteiger partial charge in [0.05, 0.1) is 24.8 Å². The molecule has 172 valence electrons. The van der Waals surface area contributed by atoms with Crippen molar-refractivity contribution in [3.63, 3.8) is 0 Å². The zero-order valence-electron chi connectivity index (χ0n) is 18.1. The van der Waals surface area contributed by atoms with Crippen molar-refractivity contribution >= 4 is 17.6 Å². The molecule has 0 bridgehead atoms. The summed E-state index contributed by atoms with van der Waals surface area (Å²) in [4.78, 5) is 24.8. The van der Waals surface area contributed by atoms with Crippen LogP contribution in [-0.4, -0.2) is 28.8 Å². The van der Waals surface area contributed by atoms with Crippen LogP contribution in [0.3, 0.4) is 0 Å². The number of carbonyl (C=O) groups excluding carboxylic acids is 2. The van der Waals surface area contributed by atoms with Gasteiger partial charge < -0.3 is 10.1 Å². The van der Waals surface area contributed by atoms with Crippen LogP contribution in [0.2, 0.25) is 0 Å². The van der Waals surface area contributed by atoms with Crippen LogP contribution in [-0.2, 0) is 35.6 Å². The normalized spacial score (nSPS) is 15.6. The van der Waals surface area contributed by atoms with Gasteiger partial charge in [0.1, 0.15) is 0 Å². The molecule has 1 aliphatic carbocycles. The fourth-order valence-electron chi connectivity index (χ4n) is 4.07. The topological polar surface area (TPSA) is 73.2 Å². The molecule has 9 heteroatoms. The minimum absolute atomic E-state index is 0.117. The number of rotatable bonds is 4. The zero-order valence-corrected chi connectivity index (χ0v) is 18.1. The third kappa shape index (κ3) is 4.92. The summed E-state index contributed by atoms with van der Waals surface area (Å²) < 4.78 is 46.8. The highest BCUT2D eigenvalue weighted by molar-refractivity contribution is 6.05. The zero-order chi connectivity index (χ0) is 23.8. The van der Waals surface area contributed by atoms with Crippen LogP contribution >= 0.6 is 0 Å². The van der Waals surface area contributed by atoms with Crippen molar-refractivity contribution in [2.75, 3.05) is 12.4 Å². The molecule has 1 amide bonds. The van der Waals surface area contributed by atoms with Gasteiger partial charge in [-0.2, -0.15) is 18.3 Å². The van der Waals surface area contributed by atoms with E-state index in [1.807, 2.05) is 6.07 Å². The highest BCUT2D eigenvalue weighted by Crippen LogP contribution is 2.34. The molecule has 0 aliphatic heterocycles. The number of anilines is 1. The van der Waals surface area contributed by atoms with Crippen LogP contribution < -0.4 is 5.32 Å². The Labute approximate surface area is 188 Å². The number of alkyl halides is 3. The number of methoxy groups -OCH3 is 1. The summed E-state index contributed by atoms with van der Waals surface area (Å²) in [6.45, 7) is 0. The minimum Gasteiger partial charge on any atom is -0.469 e. The lowest BCUT2D eigenvalue weighted by Crippen LogP contribution is -2.24. The first-order valence-electron chi connectivity index (χ1n) is 10.4. The number of benzene rings is 2. The maximum atomic E-state index is 13.5. The number of carbonyl (C=O) groups is 2. The maximum absolute atomic E-state index is 13.5. The van der Waals surface area contributed by atoms with Gasteiger partial charge in [0, 0.05) is 30.1 Å². The second-order valence-electron chi connectivity index (χ2n) is 8.10. The molecule has 1 atom stereocenters. The van der Waals surface area contributed by atoms with Gasteiger partial charge >= 0.3 is 12.1 Å². The van der Waals surface area contributed by atoms with Gasteiger partial charge in [-0.25, -0.2) is 0 Å². The first-order valence-corrected chi connectivity index (χ1v) is 10.4. The first kappa shape index (κ1) is 22.6. The largest absolute Gasteiger partial charge is 0.469 e. The van der Waals surface area contributed by atoms with Gasteiger partial charge in [-0.1, -0.05) is 6.07 Å². The van der Waals surface area contributed by atoms with Crippen LogP contribution in [0.5, 0.6) is 0 Å². The second kappa shape index (κ2) is 8.73. The maximum Gasteiger partial charge on any atom is 0.416 e. The minimum atomic E-state index is -4.61. The first-order chi connectivity index (χ1) is 15.6. The summed E-state index contributed by atoms with van der Waals surface area (Å²) in [5, 5.41) is 6.68. The van der Waals surface area contributed by atoms with Crippen molar-refractivity contribution in [2.24, 2.45) is 13.0 Å². The molecule has 4 rings (SSSR count). The lowest BCUT2D eigenvalue weighted by atomic mass is 9.83. The number of aromatic nitrogens is 2. The average molecular weight is 457 g/mol. The van der Waals surface area contributed by atoms with E-state index < -0.39 is 17.6 Å². The molecule has 0 saturated carbocycles. The van der Waals surface area contributed by atoms with E-state index in [1.54, 1.807) is 25.4 Å². The summed E-state index contributed by atoms with van der Waals surface area (Å²) in [6.07, 6.45) is 0.303. The standard InChI is InChI=1S/C24H22F3N3O3/c1-30-13-19(12-28-30)16-8-18(10-20(9-16)24(25,26)27)22(31)29-21-6-5-14-3-4-15(23(32)33-2)7-17(14)11-21/h5-6,8-13,15H,3-4,7H2,1-2H3,(H,29,31). The molecule has 0 fully saturated rings. The molecule has 3 aromatic rings. The fourth-order valence-corrected chi connectivity index (χ4v) is 4.07. The highest BCUT2D eigenvalue weighted by Gasteiger charge is 2.32. The fraction of sp³-hybridized carbons (Fsp3) is 0.292. The summed E-state index contributed by atoms with van der Waals surface area (Å²) >= 11 is 0. The molecule has 6 nitrogen and oxygen atoms in total. The Balaban J connectivity index is 1.62. The summed E-state index contributed by atoms with van der Waals surface area (Å²) in [7, 11) is 3.01. The predicted octanol–water partition coefficient (Wildman–Crippen LogP) is 4.64. The summed E-state index contributed by atoms with van der Waals surface area (Å²) in [5.41, 5.74) is 2.12. The molecular weight excluding hydrogens is 435 g/mol. The molecule has 0 radical (unpaired) electrons. The Kier molecular flexibility index (Phi) is 5.97. The molecule has 1 heterocycles. The highest BCUT2D eigenvalue weighted by atomic mass is 19.4. The van der Waals surface area contributed by atoms with Gasteiger partial charge in [-0.15, -0.1) is 0 Å². The number of nitrogens with zero attached hydrogens (tertiary/aromatic N) is 2. The molecule has 1 aliphatic rings. The van der Waals surface area contributed by atoms with Crippen LogP contribution in [0, 0.1) is 5.92 Å². The van der Waals surface area contributed by atoms with Gasteiger partial charge in [-0.05, 0) is 66.3 Å². The number of halogens is 3. The van der Waals surface area contributed by atoms with Gasteiger partial charge in [0.2, 0.25) is 0 Å². The van der Waals surface area contributed by atoms with E-state index in [1.165, 1.54) is 24.1 Å². The monoisotopic (exact) mass is 457 g/mol. The van der Waals surface area contributed by atoms with Crippen LogP contribution in [0.15, 0.2) is 48.8 Å². The Hall–Kier alpha value is -3.62. The molecule has 33 heavy (non-hydrogen) atoms. The van der Waals surface area contributed by atoms with E-state index in [2.05, 4.69) is 10.4 Å². The van der Waals surface area contributed by atoms with Gasteiger partial charge in [-0.3, -0.25) is 14.3 Å². The van der Waals surface area contributed by atoms with Crippen molar-refractivity contribution in [1.29, 1.82) is 0 Å². The van der Waals surface area contributed by atoms with E-state index in [0.717, 1.165) is 23.3 Å². The van der Waals surface area contributed by atoms with E-state index in [0.29, 0.717) is 30.5 Å². The van der Waals surface area contributed by atoms with E-state index in [4.69, 9.17) is 4.74 Å². The smallest absolute Gasteiger partial charge is 0.416 e. The lowest BCUT2D eigenvalue weighted by molar-refractivity contribution is -0.145. The Morgan fingerprint density at radius 1 is 1.12 bits per heavy atom. The Morgan fingerprint density at radius 2 is 1.91 bits per heavy atom. The van der Waals surface area contributed by atoms with Crippen LogP contribution in [0.4, 0.5) is 18.9 Å². The SMILES string of the molecule is COC(=O)C1CCc2ccc(NC(=O)c3cc(-c4cnn(C)c4)cc(C(F)(F)F)c3)cc2C1. The van der Waals surface area contributed by atoms with Crippen molar-refractivity contribution in [3.05, 3.63) is 71.0 Å². The molecule has 2 aromatic carbocycles. The van der Waals surface area contributed by atoms with Crippen molar-refractivity contribution in [3.8, 4) is 11.1 Å². The number of ether oxygens (including phenoxy) is 1. The molecular formula is C24H22F3N3O3. The predicted molar refractivity (Wildman–Crippen MR) is 116 cm³/mol. The van der Waals surface area contributed by atoms with Gasteiger partial charge in [0.25, 0.3) is 5.91 Å². The Morgan fingerprint density at radius 3 is 2.58 bits per heavy atom. The number of esters is 1. The lowest BCUT2D eigenvalue weighted by Gasteiger charge is -2.23.